The van der Waals surface area contributed by atoms with Crippen LogP contribution in [0.15, 0.2) is 29.4 Å². The summed E-state index contributed by atoms with van der Waals surface area (Å²) in [6.45, 7) is 3.99. The second-order valence-electron chi connectivity index (χ2n) is 4.29. The summed E-state index contributed by atoms with van der Waals surface area (Å²) in [6.07, 6.45) is 0.782. The van der Waals surface area contributed by atoms with Gasteiger partial charge in [0.25, 0.3) is 0 Å². The van der Waals surface area contributed by atoms with Crippen molar-refractivity contribution in [2.24, 2.45) is 5.10 Å². The molecule has 1 aliphatic heterocycles. The SMILES string of the molecule is CC1=NN(C)C(C)(c2ccccc2F)C1. The van der Waals surface area contributed by atoms with Gasteiger partial charge in [0.15, 0.2) is 0 Å². The van der Waals surface area contributed by atoms with Crippen LogP contribution in [0, 0.1) is 5.82 Å². The van der Waals surface area contributed by atoms with Crippen molar-refractivity contribution in [3.8, 4) is 0 Å². The second-order valence-corrected chi connectivity index (χ2v) is 4.29. The minimum absolute atomic E-state index is 0.156. The van der Waals surface area contributed by atoms with Gasteiger partial charge in [-0.05, 0) is 19.9 Å². The molecule has 2 rings (SSSR count). The van der Waals surface area contributed by atoms with Crippen molar-refractivity contribution in [1.82, 2.24) is 5.01 Å². The fourth-order valence-corrected chi connectivity index (χ4v) is 2.18. The number of hydrogen-bond donors (Lipinski definition) is 0. The van der Waals surface area contributed by atoms with Crippen molar-refractivity contribution in [3.63, 3.8) is 0 Å². The van der Waals surface area contributed by atoms with Gasteiger partial charge < -0.3 is 0 Å². The zero-order valence-corrected chi connectivity index (χ0v) is 9.29. The van der Waals surface area contributed by atoms with E-state index in [1.54, 1.807) is 6.07 Å². The molecular formula is C12H15FN2. The molecule has 2 nitrogen and oxygen atoms in total. The van der Waals surface area contributed by atoms with Crippen LogP contribution in [0.1, 0.15) is 25.8 Å². The maximum Gasteiger partial charge on any atom is 0.128 e. The van der Waals surface area contributed by atoms with Gasteiger partial charge in [0.2, 0.25) is 0 Å². The third-order valence-electron chi connectivity index (χ3n) is 3.09. The molecule has 0 radical (unpaired) electrons. The molecule has 0 aromatic heterocycles. The molecule has 1 atom stereocenters. The van der Waals surface area contributed by atoms with E-state index in [-0.39, 0.29) is 11.4 Å². The van der Waals surface area contributed by atoms with Gasteiger partial charge in [-0.3, -0.25) is 5.01 Å². The van der Waals surface area contributed by atoms with Gasteiger partial charge >= 0.3 is 0 Å². The summed E-state index contributed by atoms with van der Waals surface area (Å²) in [5.41, 5.74) is 1.42. The van der Waals surface area contributed by atoms with Crippen LogP contribution >= 0.6 is 0 Å². The van der Waals surface area contributed by atoms with Gasteiger partial charge in [-0.25, -0.2) is 4.39 Å². The Labute approximate surface area is 89.4 Å². The molecule has 0 aliphatic carbocycles. The van der Waals surface area contributed by atoms with Crippen molar-refractivity contribution in [3.05, 3.63) is 35.6 Å². The summed E-state index contributed by atoms with van der Waals surface area (Å²) < 4.78 is 13.7. The van der Waals surface area contributed by atoms with E-state index >= 15 is 0 Å². The number of hydrazone groups is 1. The van der Waals surface area contributed by atoms with E-state index < -0.39 is 0 Å². The van der Waals surface area contributed by atoms with E-state index in [2.05, 4.69) is 5.10 Å². The van der Waals surface area contributed by atoms with Crippen molar-refractivity contribution in [1.29, 1.82) is 0 Å². The minimum Gasteiger partial charge on any atom is -0.289 e. The Morgan fingerprint density at radius 2 is 2.07 bits per heavy atom. The average molecular weight is 206 g/mol. The lowest BCUT2D eigenvalue weighted by Gasteiger charge is -2.32. The molecule has 1 aliphatic rings. The van der Waals surface area contributed by atoms with Gasteiger partial charge in [-0.15, -0.1) is 0 Å². The van der Waals surface area contributed by atoms with E-state index in [4.69, 9.17) is 0 Å². The van der Waals surface area contributed by atoms with E-state index in [1.165, 1.54) is 6.07 Å². The molecule has 0 amide bonds. The Morgan fingerprint density at radius 1 is 1.40 bits per heavy atom. The minimum atomic E-state index is -0.338. The molecule has 0 bridgehead atoms. The summed E-state index contributed by atoms with van der Waals surface area (Å²) in [5, 5.41) is 6.19. The van der Waals surface area contributed by atoms with Crippen molar-refractivity contribution < 1.29 is 4.39 Å². The first-order valence-electron chi connectivity index (χ1n) is 5.07. The standard InChI is InChI=1S/C12H15FN2/c1-9-8-12(2,15(3)14-9)10-6-4-5-7-11(10)13/h4-7H,8H2,1-3H3. The summed E-state index contributed by atoms with van der Waals surface area (Å²) in [6, 6.07) is 6.91. The highest BCUT2D eigenvalue weighted by atomic mass is 19.1. The monoisotopic (exact) mass is 206 g/mol. The fraction of sp³-hybridized carbons (Fsp3) is 0.417. The van der Waals surface area contributed by atoms with Crippen LogP contribution in [-0.4, -0.2) is 17.8 Å². The maximum absolute atomic E-state index is 13.7. The largest absolute Gasteiger partial charge is 0.289 e. The van der Waals surface area contributed by atoms with E-state index in [9.17, 15) is 4.39 Å². The lowest BCUT2D eigenvalue weighted by atomic mass is 9.87. The quantitative estimate of drug-likeness (QED) is 0.689. The summed E-state index contributed by atoms with van der Waals surface area (Å²) in [5.74, 6) is -0.156. The highest BCUT2D eigenvalue weighted by Crippen LogP contribution is 2.36. The number of nitrogens with zero attached hydrogens (tertiary/aromatic N) is 2. The van der Waals surface area contributed by atoms with Crippen LogP contribution in [0.25, 0.3) is 0 Å². The lowest BCUT2D eigenvalue weighted by molar-refractivity contribution is 0.169. The predicted octanol–water partition coefficient (Wildman–Crippen LogP) is 2.75. The first-order chi connectivity index (χ1) is 7.04. The Hall–Kier alpha value is -1.38. The second kappa shape index (κ2) is 3.33. The summed E-state index contributed by atoms with van der Waals surface area (Å²) in [4.78, 5) is 0. The van der Waals surface area contributed by atoms with Crippen LogP contribution in [0.2, 0.25) is 0 Å². The lowest BCUT2D eigenvalue weighted by Crippen LogP contribution is -2.35. The van der Waals surface area contributed by atoms with Crippen molar-refractivity contribution in [2.75, 3.05) is 7.05 Å². The molecule has 80 valence electrons. The van der Waals surface area contributed by atoms with E-state index in [0.29, 0.717) is 5.56 Å². The van der Waals surface area contributed by atoms with Gasteiger partial charge in [-0.1, -0.05) is 18.2 Å². The predicted molar refractivity (Wildman–Crippen MR) is 59.2 cm³/mol. The van der Waals surface area contributed by atoms with Gasteiger partial charge in [0, 0.05) is 24.7 Å². The molecule has 3 heteroatoms. The summed E-state index contributed by atoms with van der Waals surface area (Å²) >= 11 is 0. The van der Waals surface area contributed by atoms with Crippen LogP contribution in [0.4, 0.5) is 4.39 Å². The molecule has 0 fully saturated rings. The molecule has 15 heavy (non-hydrogen) atoms. The van der Waals surface area contributed by atoms with Crippen LogP contribution < -0.4 is 0 Å². The molecule has 1 aromatic rings. The van der Waals surface area contributed by atoms with Crippen LogP contribution in [0.5, 0.6) is 0 Å². The molecule has 0 N–H and O–H groups in total. The molecule has 0 saturated heterocycles. The Kier molecular flexibility index (Phi) is 2.25. The normalized spacial score (nSPS) is 25.6. The highest BCUT2D eigenvalue weighted by molar-refractivity contribution is 5.84. The molecule has 1 aromatic carbocycles. The number of hydrogen-bond acceptors (Lipinski definition) is 2. The van der Waals surface area contributed by atoms with Gasteiger partial charge in [0.05, 0.1) is 5.54 Å². The highest BCUT2D eigenvalue weighted by Gasteiger charge is 2.38. The third kappa shape index (κ3) is 1.52. The molecular weight excluding hydrogens is 191 g/mol. The van der Waals surface area contributed by atoms with E-state index in [1.807, 2.05) is 38.0 Å². The molecule has 0 spiro atoms. The Bertz CT molecular complexity index is 414. The zero-order valence-electron chi connectivity index (χ0n) is 9.29. The van der Waals surface area contributed by atoms with E-state index in [0.717, 1.165) is 12.1 Å². The zero-order chi connectivity index (χ0) is 11.1. The number of benzene rings is 1. The first kappa shape index (κ1) is 10.1. The molecule has 1 unspecified atom stereocenters. The Balaban J connectivity index is 2.44. The van der Waals surface area contributed by atoms with Crippen molar-refractivity contribution >= 4 is 5.71 Å². The third-order valence-corrected chi connectivity index (χ3v) is 3.09. The molecule has 1 heterocycles. The topological polar surface area (TPSA) is 15.6 Å². The first-order valence-corrected chi connectivity index (χ1v) is 5.07. The maximum atomic E-state index is 13.7. The molecule has 0 saturated carbocycles. The number of rotatable bonds is 1. The van der Waals surface area contributed by atoms with Gasteiger partial charge in [0.1, 0.15) is 5.82 Å². The van der Waals surface area contributed by atoms with Crippen LogP contribution in [0.3, 0.4) is 0 Å². The van der Waals surface area contributed by atoms with Gasteiger partial charge in [-0.2, -0.15) is 5.10 Å². The fourth-order valence-electron chi connectivity index (χ4n) is 2.18. The van der Waals surface area contributed by atoms with Crippen molar-refractivity contribution in [2.45, 2.75) is 25.8 Å². The Morgan fingerprint density at radius 3 is 2.60 bits per heavy atom. The summed E-state index contributed by atoms with van der Waals surface area (Å²) in [7, 11) is 1.89. The van der Waals surface area contributed by atoms with Crippen LogP contribution in [-0.2, 0) is 5.54 Å². The average Bonchev–Trinajstić information content (AvgIpc) is 2.42. The smallest absolute Gasteiger partial charge is 0.128 e. The number of halogens is 1.